The summed E-state index contributed by atoms with van der Waals surface area (Å²) in [6.45, 7) is 7.59. The molecule has 0 radical (unpaired) electrons. The SMILES string of the molecule is COc1ccc(CN(C)[C@@H](C)C(=O)c2[nH]c(C)c(C(C)=O)c2C)cc1OC. The number of carbonyl (C=O) groups excluding carboxylic acids is 2. The predicted molar refractivity (Wildman–Crippen MR) is 105 cm³/mol. The first-order valence-electron chi connectivity index (χ1n) is 8.86. The topological polar surface area (TPSA) is 71.6 Å². The maximum Gasteiger partial charge on any atom is 0.196 e. The summed E-state index contributed by atoms with van der Waals surface area (Å²) >= 11 is 0. The number of nitrogens with zero attached hydrogens (tertiary/aromatic N) is 1. The highest BCUT2D eigenvalue weighted by atomic mass is 16.5. The van der Waals surface area contributed by atoms with Crippen LogP contribution in [0.2, 0.25) is 0 Å². The summed E-state index contributed by atoms with van der Waals surface area (Å²) in [5.41, 5.74) is 3.57. The van der Waals surface area contributed by atoms with E-state index in [1.165, 1.54) is 6.92 Å². The fraction of sp³-hybridized carbons (Fsp3) is 0.429. The molecule has 6 heteroatoms. The molecule has 6 nitrogen and oxygen atoms in total. The van der Waals surface area contributed by atoms with Gasteiger partial charge in [0.2, 0.25) is 0 Å². The van der Waals surface area contributed by atoms with Crippen LogP contribution >= 0.6 is 0 Å². The van der Waals surface area contributed by atoms with E-state index < -0.39 is 0 Å². The molecule has 0 saturated carbocycles. The quantitative estimate of drug-likeness (QED) is 0.718. The number of hydrogen-bond acceptors (Lipinski definition) is 5. The highest BCUT2D eigenvalue weighted by molar-refractivity contribution is 6.05. The third kappa shape index (κ3) is 4.22. The molecule has 0 unspecified atom stereocenters. The Morgan fingerprint density at radius 3 is 2.30 bits per heavy atom. The van der Waals surface area contributed by atoms with Crippen molar-refractivity contribution in [1.29, 1.82) is 0 Å². The number of rotatable bonds is 8. The molecule has 0 amide bonds. The van der Waals surface area contributed by atoms with Gasteiger partial charge in [-0.15, -0.1) is 0 Å². The molecule has 1 aromatic carbocycles. The Morgan fingerprint density at radius 2 is 1.78 bits per heavy atom. The van der Waals surface area contributed by atoms with Gasteiger partial charge < -0.3 is 14.5 Å². The average molecular weight is 372 g/mol. The Kier molecular flexibility index (Phi) is 6.44. The highest BCUT2D eigenvalue weighted by Crippen LogP contribution is 2.28. The van der Waals surface area contributed by atoms with E-state index in [4.69, 9.17) is 9.47 Å². The number of hydrogen-bond donors (Lipinski definition) is 1. The Morgan fingerprint density at radius 1 is 1.15 bits per heavy atom. The third-order valence-corrected chi connectivity index (χ3v) is 4.96. The zero-order valence-electron chi connectivity index (χ0n) is 17.1. The summed E-state index contributed by atoms with van der Waals surface area (Å²) in [5, 5.41) is 0. The van der Waals surface area contributed by atoms with Crippen molar-refractivity contribution >= 4 is 11.6 Å². The molecule has 0 bridgehead atoms. The lowest BCUT2D eigenvalue weighted by Crippen LogP contribution is -2.36. The molecule has 2 aromatic rings. The first-order chi connectivity index (χ1) is 12.7. The van der Waals surface area contributed by atoms with Crippen LogP contribution in [0, 0.1) is 13.8 Å². The number of Topliss-reactive ketones (excluding diaryl/α,β-unsaturated/α-hetero) is 2. The van der Waals surface area contributed by atoms with Gasteiger partial charge >= 0.3 is 0 Å². The molecule has 27 heavy (non-hydrogen) atoms. The third-order valence-electron chi connectivity index (χ3n) is 4.96. The molecule has 1 N–H and O–H groups in total. The van der Waals surface area contributed by atoms with Crippen LogP contribution in [-0.2, 0) is 6.54 Å². The second-order valence-electron chi connectivity index (χ2n) is 6.83. The van der Waals surface area contributed by atoms with Crippen molar-refractivity contribution in [3.05, 3.63) is 46.3 Å². The van der Waals surface area contributed by atoms with Gasteiger partial charge in [-0.05, 0) is 58.0 Å². The number of benzene rings is 1. The molecule has 2 rings (SSSR count). The standard InChI is InChI=1S/C21H28N2O4/c1-12-19(15(4)24)13(2)22-20(12)21(25)14(3)23(5)11-16-8-9-17(26-6)18(10-16)27-7/h8-10,14,22H,11H2,1-7H3/t14-/m0/s1. The molecular formula is C21H28N2O4. The molecule has 0 spiro atoms. The smallest absolute Gasteiger partial charge is 0.196 e. The van der Waals surface area contributed by atoms with Crippen molar-refractivity contribution < 1.29 is 19.1 Å². The lowest BCUT2D eigenvalue weighted by atomic mass is 10.0. The van der Waals surface area contributed by atoms with Crippen LogP contribution in [0.5, 0.6) is 11.5 Å². The maximum atomic E-state index is 13.0. The maximum absolute atomic E-state index is 13.0. The van der Waals surface area contributed by atoms with Gasteiger partial charge in [0.25, 0.3) is 0 Å². The molecule has 0 aliphatic heterocycles. The van der Waals surface area contributed by atoms with Gasteiger partial charge in [-0.25, -0.2) is 0 Å². The molecule has 0 aliphatic rings. The number of carbonyl (C=O) groups is 2. The fourth-order valence-electron chi connectivity index (χ4n) is 3.34. The van der Waals surface area contributed by atoms with Gasteiger partial charge in [0.1, 0.15) is 0 Å². The Bertz CT molecular complexity index is 854. The Balaban J connectivity index is 2.20. The van der Waals surface area contributed by atoms with E-state index in [2.05, 4.69) is 4.98 Å². The van der Waals surface area contributed by atoms with Gasteiger partial charge in [0, 0.05) is 17.8 Å². The molecule has 0 fully saturated rings. The minimum absolute atomic E-state index is 0.0355. The first-order valence-corrected chi connectivity index (χ1v) is 8.86. The molecule has 1 aromatic heterocycles. The van der Waals surface area contributed by atoms with Crippen LogP contribution in [-0.4, -0.2) is 48.8 Å². The number of aromatic nitrogens is 1. The number of aromatic amines is 1. The van der Waals surface area contributed by atoms with Gasteiger partial charge in [0.05, 0.1) is 26.0 Å². The molecule has 0 saturated heterocycles. The van der Waals surface area contributed by atoms with Crippen LogP contribution < -0.4 is 9.47 Å². The minimum Gasteiger partial charge on any atom is -0.493 e. The minimum atomic E-state index is -0.352. The van der Waals surface area contributed by atoms with E-state index >= 15 is 0 Å². The van der Waals surface area contributed by atoms with E-state index in [0.717, 1.165) is 16.8 Å². The van der Waals surface area contributed by atoms with Crippen LogP contribution in [0.25, 0.3) is 0 Å². The zero-order valence-corrected chi connectivity index (χ0v) is 17.1. The highest BCUT2D eigenvalue weighted by Gasteiger charge is 2.26. The second-order valence-corrected chi connectivity index (χ2v) is 6.83. The number of H-pyrrole nitrogens is 1. The molecule has 1 atom stereocenters. The van der Waals surface area contributed by atoms with Crippen molar-refractivity contribution in [2.75, 3.05) is 21.3 Å². The van der Waals surface area contributed by atoms with Gasteiger partial charge in [-0.3, -0.25) is 14.5 Å². The van der Waals surface area contributed by atoms with E-state index in [1.54, 1.807) is 14.2 Å². The van der Waals surface area contributed by atoms with Crippen molar-refractivity contribution in [3.63, 3.8) is 0 Å². The first kappa shape index (κ1) is 20.7. The summed E-state index contributed by atoms with van der Waals surface area (Å²) in [7, 11) is 5.09. The average Bonchev–Trinajstić information content (AvgIpc) is 2.94. The van der Waals surface area contributed by atoms with Gasteiger partial charge in [-0.2, -0.15) is 0 Å². The monoisotopic (exact) mass is 372 g/mol. The fourth-order valence-corrected chi connectivity index (χ4v) is 3.34. The van der Waals surface area contributed by atoms with Crippen LogP contribution in [0.3, 0.4) is 0 Å². The summed E-state index contributed by atoms with van der Waals surface area (Å²) in [6.07, 6.45) is 0. The zero-order chi connectivity index (χ0) is 20.3. The number of nitrogens with one attached hydrogen (secondary N) is 1. The van der Waals surface area contributed by atoms with Gasteiger partial charge in [-0.1, -0.05) is 6.07 Å². The number of ketones is 2. The Labute approximate surface area is 160 Å². The van der Waals surface area contributed by atoms with Crippen LogP contribution in [0.4, 0.5) is 0 Å². The van der Waals surface area contributed by atoms with E-state index in [1.807, 2.05) is 50.9 Å². The molecule has 1 heterocycles. The van der Waals surface area contributed by atoms with Crippen LogP contribution in [0.15, 0.2) is 18.2 Å². The van der Waals surface area contributed by atoms with Crippen molar-refractivity contribution in [3.8, 4) is 11.5 Å². The largest absolute Gasteiger partial charge is 0.493 e. The molecular weight excluding hydrogens is 344 g/mol. The van der Waals surface area contributed by atoms with Crippen LogP contribution in [0.1, 0.15) is 51.5 Å². The number of methoxy groups -OCH3 is 2. The van der Waals surface area contributed by atoms with E-state index in [-0.39, 0.29) is 17.6 Å². The molecule has 0 aliphatic carbocycles. The van der Waals surface area contributed by atoms with Crippen molar-refractivity contribution in [2.24, 2.45) is 0 Å². The summed E-state index contributed by atoms with van der Waals surface area (Å²) in [4.78, 5) is 29.9. The normalized spacial score (nSPS) is 12.1. The lowest BCUT2D eigenvalue weighted by molar-refractivity contribution is 0.0856. The number of aryl methyl sites for hydroxylation is 1. The second kappa shape index (κ2) is 8.39. The van der Waals surface area contributed by atoms with E-state index in [0.29, 0.717) is 29.3 Å². The number of ether oxygens (including phenoxy) is 2. The number of likely N-dealkylation sites (N-methyl/N-ethyl adjacent to an activating group) is 1. The van der Waals surface area contributed by atoms with Crippen molar-refractivity contribution in [2.45, 2.75) is 40.3 Å². The van der Waals surface area contributed by atoms with Crippen molar-refractivity contribution in [1.82, 2.24) is 9.88 Å². The predicted octanol–water partition coefficient (Wildman–Crippen LogP) is 3.55. The summed E-state index contributed by atoms with van der Waals surface area (Å²) in [5.74, 6) is 1.25. The summed E-state index contributed by atoms with van der Waals surface area (Å²) < 4.78 is 10.6. The molecule has 146 valence electrons. The Hall–Kier alpha value is -2.60. The van der Waals surface area contributed by atoms with E-state index in [9.17, 15) is 9.59 Å². The van der Waals surface area contributed by atoms with Gasteiger partial charge in [0.15, 0.2) is 23.1 Å². The lowest BCUT2D eigenvalue weighted by Gasteiger charge is -2.24. The summed E-state index contributed by atoms with van der Waals surface area (Å²) in [6, 6.07) is 5.36.